The van der Waals surface area contributed by atoms with E-state index >= 15 is 0 Å². The number of carboxylic acid groups (broad SMARTS) is 1. The van der Waals surface area contributed by atoms with Gasteiger partial charge in [0.05, 0.1) is 17.6 Å². The van der Waals surface area contributed by atoms with Gasteiger partial charge in [-0.25, -0.2) is 4.79 Å². The van der Waals surface area contributed by atoms with Crippen molar-refractivity contribution in [3.05, 3.63) is 36.4 Å². The molecule has 82 valence electrons. The highest BCUT2D eigenvalue weighted by Crippen LogP contribution is 2.19. The molecular weight excluding hydrogens is 208 g/mol. The van der Waals surface area contributed by atoms with Crippen LogP contribution in [0.15, 0.2) is 30.9 Å². The predicted octanol–water partition coefficient (Wildman–Crippen LogP) is 1.26. The minimum absolute atomic E-state index is 0.131. The number of nitrogens with zero attached hydrogens (tertiary/aromatic N) is 3. The van der Waals surface area contributed by atoms with Crippen LogP contribution < -0.4 is 5.32 Å². The summed E-state index contributed by atoms with van der Waals surface area (Å²) < 4.78 is 1.63. The molecular formula is C10H10N4O2. The molecule has 0 amide bonds. The van der Waals surface area contributed by atoms with Gasteiger partial charge in [-0.15, -0.1) is 0 Å². The van der Waals surface area contributed by atoms with E-state index in [1.807, 2.05) is 0 Å². The van der Waals surface area contributed by atoms with Crippen LogP contribution in [0, 0.1) is 0 Å². The highest BCUT2D eigenvalue weighted by molar-refractivity contribution is 5.94. The van der Waals surface area contributed by atoms with Crippen LogP contribution in [-0.4, -0.2) is 25.8 Å². The van der Waals surface area contributed by atoms with Gasteiger partial charge in [0.2, 0.25) is 0 Å². The molecule has 0 saturated heterocycles. The number of rotatable bonds is 3. The summed E-state index contributed by atoms with van der Waals surface area (Å²) in [6, 6.07) is 1.61. The average Bonchev–Trinajstić information content (AvgIpc) is 2.64. The second-order valence-electron chi connectivity index (χ2n) is 3.25. The smallest absolute Gasteiger partial charge is 0.339 e. The van der Waals surface area contributed by atoms with Crippen molar-refractivity contribution in [3.8, 4) is 0 Å². The molecule has 0 bridgehead atoms. The third-order valence-corrected chi connectivity index (χ3v) is 2.04. The fourth-order valence-electron chi connectivity index (χ4n) is 1.32. The second kappa shape index (κ2) is 4.01. The summed E-state index contributed by atoms with van der Waals surface area (Å²) in [6.07, 6.45) is 6.21. The Hall–Kier alpha value is -2.37. The molecule has 0 radical (unpaired) electrons. The van der Waals surface area contributed by atoms with Gasteiger partial charge in [0, 0.05) is 25.6 Å². The molecule has 2 N–H and O–H groups in total. The van der Waals surface area contributed by atoms with Gasteiger partial charge in [-0.05, 0) is 6.07 Å². The zero-order chi connectivity index (χ0) is 11.5. The number of hydrogen-bond donors (Lipinski definition) is 2. The molecule has 0 aliphatic heterocycles. The second-order valence-corrected chi connectivity index (χ2v) is 3.25. The summed E-state index contributed by atoms with van der Waals surface area (Å²) >= 11 is 0. The van der Waals surface area contributed by atoms with Crippen LogP contribution >= 0.6 is 0 Å². The van der Waals surface area contributed by atoms with Gasteiger partial charge in [-0.1, -0.05) is 0 Å². The van der Waals surface area contributed by atoms with Crippen molar-refractivity contribution in [2.45, 2.75) is 0 Å². The number of nitrogens with one attached hydrogen (secondary N) is 1. The number of aryl methyl sites for hydroxylation is 1. The Morgan fingerprint density at radius 2 is 2.31 bits per heavy atom. The van der Waals surface area contributed by atoms with Gasteiger partial charge in [0.1, 0.15) is 5.56 Å². The number of anilines is 2. The topological polar surface area (TPSA) is 80.0 Å². The highest BCUT2D eigenvalue weighted by Gasteiger charge is 2.10. The molecule has 2 rings (SSSR count). The summed E-state index contributed by atoms with van der Waals surface area (Å²) in [4.78, 5) is 14.7. The first-order valence-electron chi connectivity index (χ1n) is 4.60. The minimum Gasteiger partial charge on any atom is -0.478 e. The summed E-state index contributed by atoms with van der Waals surface area (Å²) in [7, 11) is 1.79. The first kappa shape index (κ1) is 10.2. The fourth-order valence-corrected chi connectivity index (χ4v) is 1.32. The van der Waals surface area contributed by atoms with Crippen LogP contribution in [0.1, 0.15) is 10.4 Å². The SMILES string of the molecule is Cn1cc(Nc2ccncc2C(=O)O)cn1. The van der Waals surface area contributed by atoms with E-state index in [1.165, 1.54) is 12.4 Å². The van der Waals surface area contributed by atoms with E-state index in [0.717, 1.165) is 5.69 Å². The lowest BCUT2D eigenvalue weighted by Gasteiger charge is -2.05. The molecule has 2 aromatic rings. The number of carbonyl (C=O) groups is 1. The van der Waals surface area contributed by atoms with E-state index < -0.39 is 5.97 Å². The largest absolute Gasteiger partial charge is 0.478 e. The van der Waals surface area contributed by atoms with Crippen molar-refractivity contribution < 1.29 is 9.90 Å². The molecule has 0 aliphatic rings. The fraction of sp³-hybridized carbons (Fsp3) is 0.100. The normalized spacial score (nSPS) is 10.1. The van der Waals surface area contributed by atoms with Crippen LogP contribution in [0.5, 0.6) is 0 Å². The summed E-state index contributed by atoms with van der Waals surface area (Å²) in [6.45, 7) is 0. The van der Waals surface area contributed by atoms with Crippen molar-refractivity contribution in [3.63, 3.8) is 0 Å². The van der Waals surface area contributed by atoms with E-state index in [9.17, 15) is 4.79 Å². The molecule has 6 heteroatoms. The van der Waals surface area contributed by atoms with Gasteiger partial charge < -0.3 is 10.4 Å². The van der Waals surface area contributed by atoms with Gasteiger partial charge in [-0.2, -0.15) is 5.10 Å². The molecule has 0 unspecified atom stereocenters. The van der Waals surface area contributed by atoms with Crippen molar-refractivity contribution in [2.75, 3.05) is 5.32 Å². The Labute approximate surface area is 91.6 Å². The van der Waals surface area contributed by atoms with Crippen molar-refractivity contribution in [1.82, 2.24) is 14.8 Å². The molecule has 2 heterocycles. The molecule has 16 heavy (non-hydrogen) atoms. The van der Waals surface area contributed by atoms with Crippen molar-refractivity contribution >= 4 is 17.3 Å². The average molecular weight is 218 g/mol. The molecule has 0 aliphatic carbocycles. The Bertz CT molecular complexity index is 521. The minimum atomic E-state index is -1.01. The van der Waals surface area contributed by atoms with Gasteiger partial charge in [0.25, 0.3) is 0 Å². The first-order chi connectivity index (χ1) is 7.66. The molecule has 2 aromatic heterocycles. The first-order valence-corrected chi connectivity index (χ1v) is 4.60. The summed E-state index contributed by atoms with van der Waals surface area (Å²) in [5, 5.41) is 15.9. The highest BCUT2D eigenvalue weighted by atomic mass is 16.4. The predicted molar refractivity (Wildman–Crippen MR) is 57.7 cm³/mol. The monoisotopic (exact) mass is 218 g/mol. The van der Waals surface area contributed by atoms with E-state index in [4.69, 9.17) is 5.11 Å². The van der Waals surface area contributed by atoms with Crippen LogP contribution in [0.2, 0.25) is 0 Å². The number of hydrogen-bond acceptors (Lipinski definition) is 4. The van der Waals surface area contributed by atoms with Gasteiger partial charge in [-0.3, -0.25) is 9.67 Å². The molecule has 0 spiro atoms. The van der Waals surface area contributed by atoms with E-state index in [2.05, 4.69) is 15.4 Å². The quantitative estimate of drug-likeness (QED) is 0.810. The number of carboxylic acids is 1. The van der Waals surface area contributed by atoms with Crippen LogP contribution in [-0.2, 0) is 7.05 Å². The lowest BCUT2D eigenvalue weighted by atomic mass is 10.2. The maximum atomic E-state index is 10.9. The molecule has 0 fully saturated rings. The Morgan fingerprint density at radius 3 is 2.94 bits per heavy atom. The zero-order valence-electron chi connectivity index (χ0n) is 8.58. The van der Waals surface area contributed by atoms with E-state index in [-0.39, 0.29) is 5.56 Å². The third-order valence-electron chi connectivity index (χ3n) is 2.04. The Kier molecular flexibility index (Phi) is 2.55. The summed E-state index contributed by atoms with van der Waals surface area (Å²) in [5.41, 5.74) is 1.36. The maximum absolute atomic E-state index is 10.9. The Balaban J connectivity index is 2.31. The third kappa shape index (κ3) is 2.00. The van der Waals surface area contributed by atoms with Crippen LogP contribution in [0.3, 0.4) is 0 Å². The Morgan fingerprint density at radius 1 is 1.50 bits per heavy atom. The van der Waals surface area contributed by atoms with Crippen LogP contribution in [0.25, 0.3) is 0 Å². The van der Waals surface area contributed by atoms with E-state index in [0.29, 0.717) is 5.69 Å². The molecule has 0 aromatic carbocycles. The number of pyridine rings is 1. The maximum Gasteiger partial charge on any atom is 0.339 e. The van der Waals surface area contributed by atoms with E-state index in [1.54, 1.807) is 30.2 Å². The molecule has 0 saturated carbocycles. The van der Waals surface area contributed by atoms with Gasteiger partial charge in [0.15, 0.2) is 0 Å². The van der Waals surface area contributed by atoms with Gasteiger partial charge >= 0.3 is 5.97 Å². The molecule has 0 atom stereocenters. The lowest BCUT2D eigenvalue weighted by Crippen LogP contribution is -2.02. The number of aromatic carboxylic acids is 1. The zero-order valence-corrected chi connectivity index (χ0v) is 8.58. The van der Waals surface area contributed by atoms with Crippen molar-refractivity contribution in [1.29, 1.82) is 0 Å². The lowest BCUT2D eigenvalue weighted by molar-refractivity contribution is 0.0697. The molecule has 6 nitrogen and oxygen atoms in total. The standard InChI is InChI=1S/C10H10N4O2/c1-14-6-7(4-12-14)13-9-2-3-11-5-8(9)10(15)16/h2-6H,1H3,(H,11,13)(H,15,16). The van der Waals surface area contributed by atoms with Crippen LogP contribution in [0.4, 0.5) is 11.4 Å². The van der Waals surface area contributed by atoms with Crippen molar-refractivity contribution in [2.24, 2.45) is 7.05 Å². The number of aromatic nitrogens is 3. The summed E-state index contributed by atoms with van der Waals surface area (Å²) in [5.74, 6) is -1.01.